The minimum Gasteiger partial charge on any atom is -0.493 e. The van der Waals surface area contributed by atoms with E-state index in [4.69, 9.17) is 9.47 Å². The van der Waals surface area contributed by atoms with Gasteiger partial charge in [-0.1, -0.05) is 30.3 Å². The van der Waals surface area contributed by atoms with Crippen LogP contribution >= 0.6 is 23.1 Å². The molecule has 1 heterocycles. The Balaban J connectivity index is 1.23. The van der Waals surface area contributed by atoms with Crippen molar-refractivity contribution in [3.8, 4) is 22.8 Å². The molecular formula is C36H31N5O7S2. The van der Waals surface area contributed by atoms with E-state index in [2.05, 4.69) is 20.9 Å². The molecule has 254 valence electrons. The lowest BCUT2D eigenvalue weighted by atomic mass is 10.1. The summed E-state index contributed by atoms with van der Waals surface area (Å²) >= 11 is 2.62. The van der Waals surface area contributed by atoms with E-state index in [1.165, 1.54) is 47.4 Å². The van der Waals surface area contributed by atoms with Crippen molar-refractivity contribution in [2.45, 2.75) is 17.1 Å². The molecule has 1 aromatic heterocycles. The van der Waals surface area contributed by atoms with Gasteiger partial charge in [0, 0.05) is 33.2 Å². The zero-order valence-corrected chi connectivity index (χ0v) is 28.7. The van der Waals surface area contributed by atoms with E-state index in [-0.39, 0.29) is 22.9 Å². The third-order valence-corrected chi connectivity index (χ3v) is 9.04. The highest BCUT2D eigenvalue weighted by Gasteiger charge is 2.20. The fraction of sp³-hybridized carbons (Fsp3) is 0.111. The van der Waals surface area contributed by atoms with Gasteiger partial charge in [0.2, 0.25) is 5.91 Å². The first-order valence-electron chi connectivity index (χ1n) is 15.0. The van der Waals surface area contributed by atoms with Crippen molar-refractivity contribution >= 4 is 63.4 Å². The normalized spacial score (nSPS) is 11.6. The number of nitro benzene ring substituents is 1. The highest BCUT2D eigenvalue weighted by Crippen LogP contribution is 2.34. The van der Waals surface area contributed by atoms with E-state index in [0.717, 1.165) is 10.5 Å². The van der Waals surface area contributed by atoms with Gasteiger partial charge < -0.3 is 25.4 Å². The first-order valence-corrected chi connectivity index (χ1v) is 16.8. The van der Waals surface area contributed by atoms with Gasteiger partial charge in [0.15, 0.2) is 16.6 Å². The third-order valence-electron chi connectivity index (χ3n) is 7.17. The molecule has 50 heavy (non-hydrogen) atoms. The maximum atomic E-state index is 13.4. The maximum Gasteiger partial charge on any atom is 0.276 e. The van der Waals surface area contributed by atoms with Gasteiger partial charge in [0.05, 0.1) is 35.7 Å². The number of thioether (sulfide) groups is 1. The number of carbonyl (C=O) groups excluding carboxylic acids is 3. The van der Waals surface area contributed by atoms with Crippen LogP contribution in [0.4, 0.5) is 16.5 Å². The number of aromatic nitrogens is 1. The smallest absolute Gasteiger partial charge is 0.276 e. The van der Waals surface area contributed by atoms with E-state index in [9.17, 15) is 24.5 Å². The zero-order chi connectivity index (χ0) is 35.6. The van der Waals surface area contributed by atoms with Gasteiger partial charge in [-0.05, 0) is 73.7 Å². The number of hydrogen-bond acceptors (Lipinski definition) is 10. The first kappa shape index (κ1) is 35.3. The molecule has 1 atom stereocenters. The first-order chi connectivity index (χ1) is 24.1. The van der Waals surface area contributed by atoms with Crippen molar-refractivity contribution in [2.24, 2.45) is 0 Å². The van der Waals surface area contributed by atoms with Crippen molar-refractivity contribution < 1.29 is 28.8 Å². The summed E-state index contributed by atoms with van der Waals surface area (Å²) in [5, 5.41) is 21.6. The molecule has 0 spiro atoms. The molecule has 0 aliphatic rings. The highest BCUT2D eigenvalue weighted by atomic mass is 32.2. The van der Waals surface area contributed by atoms with Crippen LogP contribution in [-0.4, -0.2) is 47.1 Å². The molecule has 4 aromatic carbocycles. The predicted molar refractivity (Wildman–Crippen MR) is 195 cm³/mol. The summed E-state index contributed by atoms with van der Waals surface area (Å²) in [6.07, 6.45) is 1.26. The second kappa shape index (κ2) is 16.4. The molecule has 3 amide bonds. The largest absolute Gasteiger partial charge is 0.493 e. The summed E-state index contributed by atoms with van der Waals surface area (Å²) in [5.74, 6) is -0.300. The van der Waals surface area contributed by atoms with Crippen LogP contribution in [0, 0.1) is 10.1 Å². The zero-order valence-electron chi connectivity index (χ0n) is 27.0. The van der Waals surface area contributed by atoms with E-state index in [0.29, 0.717) is 33.6 Å². The number of methoxy groups -OCH3 is 2. The third kappa shape index (κ3) is 8.92. The molecule has 0 saturated heterocycles. The van der Waals surface area contributed by atoms with Crippen LogP contribution in [0.1, 0.15) is 22.8 Å². The highest BCUT2D eigenvalue weighted by molar-refractivity contribution is 8.00. The Labute approximate surface area is 295 Å². The predicted octanol–water partition coefficient (Wildman–Crippen LogP) is 7.26. The van der Waals surface area contributed by atoms with E-state index in [1.807, 2.05) is 17.5 Å². The lowest BCUT2D eigenvalue weighted by Crippen LogP contribution is -2.30. The van der Waals surface area contributed by atoms with Crippen LogP contribution in [0.2, 0.25) is 0 Å². The van der Waals surface area contributed by atoms with Gasteiger partial charge in [-0.15, -0.1) is 23.1 Å². The molecule has 1 unspecified atom stereocenters. The maximum absolute atomic E-state index is 13.4. The number of amides is 3. The summed E-state index contributed by atoms with van der Waals surface area (Å²) in [7, 11) is 3.12. The topological polar surface area (TPSA) is 162 Å². The lowest BCUT2D eigenvalue weighted by molar-refractivity contribution is -0.385. The second-order valence-electron chi connectivity index (χ2n) is 10.5. The molecule has 0 fully saturated rings. The number of nitro groups is 1. The van der Waals surface area contributed by atoms with E-state index >= 15 is 0 Å². The van der Waals surface area contributed by atoms with Crippen LogP contribution < -0.4 is 25.4 Å². The van der Waals surface area contributed by atoms with E-state index in [1.54, 1.807) is 87.9 Å². The minimum atomic E-state index is -0.684. The van der Waals surface area contributed by atoms with Crippen LogP contribution in [0.15, 0.2) is 113 Å². The number of nitrogens with one attached hydrogen (secondary N) is 3. The second-order valence-corrected chi connectivity index (χ2v) is 12.8. The number of carbonyl (C=O) groups is 3. The molecule has 14 heteroatoms. The summed E-state index contributed by atoms with van der Waals surface area (Å²) < 4.78 is 10.7. The Kier molecular flexibility index (Phi) is 11.6. The van der Waals surface area contributed by atoms with Gasteiger partial charge in [0.1, 0.15) is 5.70 Å². The van der Waals surface area contributed by atoms with Crippen molar-refractivity contribution in [3.63, 3.8) is 0 Å². The number of anilines is 2. The molecule has 0 aliphatic heterocycles. The number of thiazole rings is 1. The summed E-state index contributed by atoms with van der Waals surface area (Å²) in [6, 6.07) is 26.5. The van der Waals surface area contributed by atoms with Gasteiger partial charge in [-0.3, -0.25) is 24.5 Å². The number of nitrogens with zero attached hydrogens (tertiary/aromatic N) is 2. The fourth-order valence-electron chi connectivity index (χ4n) is 4.61. The van der Waals surface area contributed by atoms with Crippen molar-refractivity contribution in [1.29, 1.82) is 0 Å². The number of benzene rings is 4. The van der Waals surface area contributed by atoms with Crippen molar-refractivity contribution in [3.05, 3.63) is 129 Å². The van der Waals surface area contributed by atoms with Crippen LogP contribution in [0.3, 0.4) is 0 Å². The molecule has 0 bridgehead atoms. The molecule has 0 saturated carbocycles. The Morgan fingerprint density at radius 3 is 2.30 bits per heavy atom. The standard InChI is InChI=1S/C36H31N5O7S2/c1-22(33(42)40-36-39-29(21-49-36)24-13-18-31(47-2)32(20-24)48-3)50-27-16-14-26(15-17-27)37-35(44)28(38-34(43)23-9-5-4-6-10-23)19-25-11-7-8-12-30(25)41(45)46/h4-22H,1-3H3,(H,37,44)(H,38,43)(H,39,40,42)/b28-19-. The van der Waals surface area contributed by atoms with Gasteiger partial charge in [-0.2, -0.15) is 0 Å². The summed E-state index contributed by atoms with van der Waals surface area (Å²) in [4.78, 5) is 55.7. The quantitative estimate of drug-likeness (QED) is 0.0494. The molecule has 0 aliphatic carbocycles. The number of rotatable bonds is 13. The van der Waals surface area contributed by atoms with Gasteiger partial charge in [-0.25, -0.2) is 4.98 Å². The van der Waals surface area contributed by atoms with Crippen LogP contribution in [-0.2, 0) is 9.59 Å². The molecular weight excluding hydrogens is 679 g/mol. The average molecular weight is 710 g/mol. The van der Waals surface area contributed by atoms with Gasteiger partial charge in [0.25, 0.3) is 17.5 Å². The molecule has 0 radical (unpaired) electrons. The Bertz CT molecular complexity index is 2050. The number of hydrogen-bond donors (Lipinski definition) is 3. The Hall–Kier alpha value is -5.99. The lowest BCUT2D eigenvalue weighted by Gasteiger charge is -2.13. The average Bonchev–Trinajstić information content (AvgIpc) is 3.60. The van der Waals surface area contributed by atoms with E-state index < -0.39 is 22.0 Å². The monoisotopic (exact) mass is 709 g/mol. The Morgan fingerprint density at radius 1 is 0.900 bits per heavy atom. The summed E-state index contributed by atoms with van der Waals surface area (Å²) in [5.41, 5.74) is 1.95. The fourth-order valence-corrected chi connectivity index (χ4v) is 6.20. The van der Waals surface area contributed by atoms with Crippen molar-refractivity contribution in [1.82, 2.24) is 10.3 Å². The van der Waals surface area contributed by atoms with Crippen LogP contribution in [0.25, 0.3) is 17.3 Å². The van der Waals surface area contributed by atoms with Crippen LogP contribution in [0.5, 0.6) is 11.5 Å². The number of ether oxygens (including phenoxy) is 2. The minimum absolute atomic E-state index is 0.143. The molecule has 5 rings (SSSR count). The Morgan fingerprint density at radius 2 is 1.60 bits per heavy atom. The SMILES string of the molecule is COc1ccc(-c2csc(NC(=O)C(C)Sc3ccc(NC(=O)/C(=C/c4ccccc4[N+](=O)[O-])NC(=O)c4ccccc4)cc3)n2)cc1OC. The number of para-hydroxylation sites is 1. The van der Waals surface area contributed by atoms with Crippen molar-refractivity contribution in [2.75, 3.05) is 24.9 Å². The van der Waals surface area contributed by atoms with Gasteiger partial charge >= 0.3 is 0 Å². The molecule has 3 N–H and O–H groups in total. The molecule has 5 aromatic rings. The molecule has 12 nitrogen and oxygen atoms in total. The summed E-state index contributed by atoms with van der Waals surface area (Å²) in [6.45, 7) is 1.77.